The van der Waals surface area contributed by atoms with Crippen LogP contribution < -0.4 is 0 Å². The summed E-state index contributed by atoms with van der Waals surface area (Å²) in [7, 11) is 0. The minimum Gasteiger partial charge on any atom is -0.366 e. The quantitative estimate of drug-likeness (QED) is 0.469. The topological polar surface area (TPSA) is 21.8 Å². The minimum absolute atomic E-state index is 0.00235. The molecule has 84 valence electrons. The molecule has 1 aliphatic rings. The van der Waals surface area contributed by atoms with E-state index < -0.39 is 0 Å². The van der Waals surface area contributed by atoms with Crippen LogP contribution in [-0.2, 0) is 9.47 Å². The highest BCUT2D eigenvalue weighted by atomic mass is 35.5. The van der Waals surface area contributed by atoms with Crippen LogP contribution in [0.5, 0.6) is 0 Å². The first-order valence-electron chi connectivity index (χ1n) is 4.84. The standard InChI is InChI=1S/C12H10Cl2O2/c1-2-5-15-7-11-12(16-11)9-4-3-8(13)6-10(9)14/h1,3-4,6,11-12H,5,7H2/t11-,12+/m1/s1. The van der Waals surface area contributed by atoms with Gasteiger partial charge in [0.05, 0.1) is 6.61 Å². The molecule has 2 atom stereocenters. The van der Waals surface area contributed by atoms with Gasteiger partial charge in [0.25, 0.3) is 0 Å². The van der Waals surface area contributed by atoms with Gasteiger partial charge in [-0.15, -0.1) is 6.42 Å². The van der Waals surface area contributed by atoms with Crippen LogP contribution in [0.2, 0.25) is 10.0 Å². The van der Waals surface area contributed by atoms with Gasteiger partial charge in [-0.2, -0.15) is 0 Å². The normalized spacial score (nSPS) is 22.8. The van der Waals surface area contributed by atoms with Crippen LogP contribution in [0.4, 0.5) is 0 Å². The van der Waals surface area contributed by atoms with Crippen LogP contribution in [0.3, 0.4) is 0 Å². The fourth-order valence-corrected chi connectivity index (χ4v) is 2.03. The number of hydrogen-bond acceptors (Lipinski definition) is 2. The Hall–Kier alpha value is -0.720. The molecule has 1 heterocycles. The van der Waals surface area contributed by atoms with Crippen LogP contribution in [0.25, 0.3) is 0 Å². The van der Waals surface area contributed by atoms with Crippen molar-refractivity contribution < 1.29 is 9.47 Å². The second-order valence-corrected chi connectivity index (χ2v) is 4.32. The van der Waals surface area contributed by atoms with Gasteiger partial charge >= 0.3 is 0 Å². The number of halogens is 2. The Morgan fingerprint density at radius 1 is 1.44 bits per heavy atom. The summed E-state index contributed by atoms with van der Waals surface area (Å²) in [5.41, 5.74) is 0.945. The lowest BCUT2D eigenvalue weighted by Crippen LogP contribution is -2.02. The molecule has 0 saturated carbocycles. The van der Waals surface area contributed by atoms with Gasteiger partial charge in [-0.3, -0.25) is 0 Å². The van der Waals surface area contributed by atoms with Gasteiger partial charge in [0, 0.05) is 15.6 Å². The van der Waals surface area contributed by atoms with Crippen molar-refractivity contribution in [1.82, 2.24) is 0 Å². The second-order valence-electron chi connectivity index (χ2n) is 3.48. The lowest BCUT2D eigenvalue weighted by molar-refractivity contribution is 0.145. The fourth-order valence-electron chi connectivity index (χ4n) is 1.51. The predicted molar refractivity (Wildman–Crippen MR) is 63.7 cm³/mol. The van der Waals surface area contributed by atoms with E-state index in [0.717, 1.165) is 5.56 Å². The van der Waals surface area contributed by atoms with Crippen molar-refractivity contribution in [3.05, 3.63) is 33.8 Å². The van der Waals surface area contributed by atoms with E-state index in [-0.39, 0.29) is 12.2 Å². The van der Waals surface area contributed by atoms with Crippen molar-refractivity contribution in [2.45, 2.75) is 12.2 Å². The summed E-state index contributed by atoms with van der Waals surface area (Å²) in [5.74, 6) is 2.40. The van der Waals surface area contributed by atoms with Crippen molar-refractivity contribution in [2.75, 3.05) is 13.2 Å². The van der Waals surface area contributed by atoms with Crippen molar-refractivity contribution >= 4 is 23.2 Å². The van der Waals surface area contributed by atoms with E-state index in [1.807, 2.05) is 6.07 Å². The third kappa shape index (κ3) is 2.69. The largest absolute Gasteiger partial charge is 0.366 e. The molecule has 0 N–H and O–H groups in total. The maximum Gasteiger partial charge on any atom is 0.113 e. The fraction of sp³-hybridized carbons (Fsp3) is 0.333. The Bertz CT molecular complexity index is 426. The molecule has 0 aromatic heterocycles. The van der Waals surface area contributed by atoms with Gasteiger partial charge in [-0.1, -0.05) is 35.2 Å². The molecule has 0 bridgehead atoms. The summed E-state index contributed by atoms with van der Waals surface area (Å²) in [4.78, 5) is 0. The highest BCUT2D eigenvalue weighted by molar-refractivity contribution is 6.35. The maximum atomic E-state index is 6.05. The molecule has 2 rings (SSSR count). The van der Waals surface area contributed by atoms with E-state index >= 15 is 0 Å². The molecule has 1 fully saturated rings. The zero-order chi connectivity index (χ0) is 11.5. The Morgan fingerprint density at radius 2 is 2.25 bits per heavy atom. The predicted octanol–water partition coefficient (Wildman–Crippen LogP) is 3.08. The lowest BCUT2D eigenvalue weighted by Gasteiger charge is -2.00. The molecule has 2 nitrogen and oxygen atoms in total. The first-order valence-corrected chi connectivity index (χ1v) is 5.59. The van der Waals surface area contributed by atoms with Gasteiger partial charge < -0.3 is 9.47 Å². The van der Waals surface area contributed by atoms with Crippen LogP contribution >= 0.6 is 23.2 Å². The first kappa shape index (κ1) is 11.8. The van der Waals surface area contributed by atoms with Crippen molar-refractivity contribution in [2.24, 2.45) is 0 Å². The highest BCUT2D eigenvalue weighted by Crippen LogP contribution is 2.42. The average molecular weight is 257 g/mol. The second kappa shape index (κ2) is 5.07. The van der Waals surface area contributed by atoms with E-state index in [2.05, 4.69) is 5.92 Å². The van der Waals surface area contributed by atoms with Crippen LogP contribution in [0.1, 0.15) is 11.7 Å². The molecule has 1 saturated heterocycles. The molecule has 0 radical (unpaired) electrons. The number of hydrogen-bond donors (Lipinski definition) is 0. The molecular formula is C12H10Cl2O2. The molecule has 1 aliphatic heterocycles. The van der Waals surface area contributed by atoms with Crippen molar-refractivity contribution in [1.29, 1.82) is 0 Å². The van der Waals surface area contributed by atoms with Gasteiger partial charge in [0.15, 0.2) is 0 Å². The van der Waals surface area contributed by atoms with Gasteiger partial charge in [0.1, 0.15) is 18.8 Å². The Morgan fingerprint density at radius 3 is 2.94 bits per heavy atom. The van der Waals surface area contributed by atoms with Gasteiger partial charge in [0.2, 0.25) is 0 Å². The summed E-state index contributed by atoms with van der Waals surface area (Å²) in [6.45, 7) is 0.800. The smallest absolute Gasteiger partial charge is 0.113 e. The third-order valence-electron chi connectivity index (χ3n) is 2.32. The van der Waals surface area contributed by atoms with Crippen molar-refractivity contribution in [3.63, 3.8) is 0 Å². The Kier molecular flexibility index (Phi) is 3.73. The summed E-state index contributed by atoms with van der Waals surface area (Å²) in [6.07, 6.45) is 5.12. The molecule has 4 heteroatoms. The minimum atomic E-state index is 0.00235. The van der Waals surface area contributed by atoms with E-state index in [1.54, 1.807) is 12.1 Å². The van der Waals surface area contributed by atoms with Gasteiger partial charge in [-0.25, -0.2) is 0 Å². The zero-order valence-corrected chi connectivity index (χ0v) is 9.96. The summed E-state index contributed by atoms with van der Waals surface area (Å²) < 4.78 is 10.6. The molecule has 0 amide bonds. The van der Waals surface area contributed by atoms with Crippen molar-refractivity contribution in [3.8, 4) is 12.3 Å². The summed E-state index contributed by atoms with van der Waals surface area (Å²) in [5, 5.41) is 1.24. The van der Waals surface area contributed by atoms with E-state index in [4.69, 9.17) is 39.1 Å². The summed E-state index contributed by atoms with van der Waals surface area (Å²) >= 11 is 11.9. The van der Waals surface area contributed by atoms with E-state index in [1.165, 1.54) is 0 Å². The number of ether oxygens (including phenoxy) is 2. The number of benzene rings is 1. The van der Waals surface area contributed by atoms with Crippen LogP contribution in [0.15, 0.2) is 18.2 Å². The van der Waals surface area contributed by atoms with Crippen LogP contribution in [0, 0.1) is 12.3 Å². The Labute approximate surface area is 104 Å². The summed E-state index contributed by atoms with van der Waals surface area (Å²) in [6, 6.07) is 5.37. The number of epoxide rings is 1. The maximum absolute atomic E-state index is 6.05. The van der Waals surface area contributed by atoms with E-state index in [9.17, 15) is 0 Å². The molecule has 0 aliphatic carbocycles. The molecular weight excluding hydrogens is 247 g/mol. The molecule has 1 aromatic rings. The first-order chi connectivity index (χ1) is 7.72. The molecule has 16 heavy (non-hydrogen) atoms. The lowest BCUT2D eigenvalue weighted by atomic mass is 10.1. The highest BCUT2D eigenvalue weighted by Gasteiger charge is 2.41. The van der Waals surface area contributed by atoms with Crippen LogP contribution in [-0.4, -0.2) is 19.3 Å². The third-order valence-corrected chi connectivity index (χ3v) is 2.88. The molecule has 1 aromatic carbocycles. The SMILES string of the molecule is C#CCOC[C@H]1O[C@H]1c1ccc(Cl)cc1Cl. The number of terminal acetylenes is 1. The zero-order valence-electron chi connectivity index (χ0n) is 8.45. The Balaban J connectivity index is 1.93. The molecule has 0 spiro atoms. The number of rotatable bonds is 4. The monoisotopic (exact) mass is 256 g/mol. The van der Waals surface area contributed by atoms with E-state index in [0.29, 0.717) is 23.3 Å². The van der Waals surface area contributed by atoms with Gasteiger partial charge in [-0.05, 0) is 12.1 Å². The molecule has 0 unspecified atom stereocenters. The average Bonchev–Trinajstić information content (AvgIpc) is 2.98.